The van der Waals surface area contributed by atoms with Crippen LogP contribution in [0.2, 0.25) is 0 Å². The maximum absolute atomic E-state index is 13.6. The first-order valence-electron chi connectivity index (χ1n) is 8.38. The number of aliphatic hydroxyl groups is 1. The molecule has 4 nitrogen and oxygen atoms in total. The summed E-state index contributed by atoms with van der Waals surface area (Å²) in [5.41, 5.74) is 0.829. The number of thiophene rings is 1. The molecule has 0 saturated carbocycles. The van der Waals surface area contributed by atoms with Gasteiger partial charge in [-0.15, -0.1) is 11.3 Å². The summed E-state index contributed by atoms with van der Waals surface area (Å²) in [4.78, 5) is 0. The molecule has 3 rings (SSSR count). The molecule has 3 aromatic rings. The van der Waals surface area contributed by atoms with Gasteiger partial charge in [-0.25, -0.2) is 17.2 Å². The van der Waals surface area contributed by atoms with Crippen LogP contribution in [0.1, 0.15) is 31.1 Å². The largest absolute Gasteiger partial charge is 0.389 e. The summed E-state index contributed by atoms with van der Waals surface area (Å²) < 4.78 is 54.4. The highest BCUT2D eigenvalue weighted by molar-refractivity contribution is 7.92. The maximum atomic E-state index is 13.6. The van der Waals surface area contributed by atoms with Crippen molar-refractivity contribution in [3.05, 3.63) is 65.2 Å². The number of halogens is 2. The van der Waals surface area contributed by atoms with E-state index < -0.39 is 27.8 Å². The van der Waals surface area contributed by atoms with E-state index >= 15 is 0 Å². The van der Waals surface area contributed by atoms with Gasteiger partial charge in [0, 0.05) is 15.6 Å². The number of fused-ring (bicyclic) bond motifs is 1. The van der Waals surface area contributed by atoms with Crippen LogP contribution in [0.3, 0.4) is 0 Å². The van der Waals surface area contributed by atoms with E-state index in [1.165, 1.54) is 28.6 Å². The van der Waals surface area contributed by atoms with Gasteiger partial charge in [-0.1, -0.05) is 24.3 Å². The smallest absolute Gasteiger partial charge is 0.235 e. The Morgan fingerprint density at radius 1 is 1.15 bits per heavy atom. The Hall–Kier alpha value is -2.03. The Labute approximate surface area is 160 Å². The molecule has 0 aliphatic carbocycles. The average Bonchev–Trinajstić information content (AvgIpc) is 3.01. The first-order valence-corrected chi connectivity index (χ1v) is 10.8. The third kappa shape index (κ3) is 3.83. The van der Waals surface area contributed by atoms with E-state index in [0.29, 0.717) is 16.1 Å². The number of nitrogens with zero attached hydrogens (tertiary/aromatic N) is 1. The molecule has 144 valence electrons. The highest BCUT2D eigenvalue weighted by Gasteiger charge is 2.28. The van der Waals surface area contributed by atoms with Crippen molar-refractivity contribution in [3.8, 4) is 0 Å². The van der Waals surface area contributed by atoms with Crippen LogP contribution in [0.4, 0.5) is 13.8 Å². The Balaban J connectivity index is 2.18. The van der Waals surface area contributed by atoms with Crippen LogP contribution < -0.4 is 4.31 Å². The third-order valence-corrected chi connectivity index (χ3v) is 7.31. The van der Waals surface area contributed by atoms with Crippen LogP contribution >= 0.6 is 11.3 Å². The summed E-state index contributed by atoms with van der Waals surface area (Å²) in [5.74, 6) is -2.19. The van der Waals surface area contributed by atoms with Gasteiger partial charge >= 0.3 is 0 Å². The molecule has 0 bridgehead atoms. The lowest BCUT2D eigenvalue weighted by molar-refractivity contribution is 0.201. The highest BCUT2D eigenvalue weighted by Crippen LogP contribution is 2.43. The van der Waals surface area contributed by atoms with Crippen LogP contribution in [0.25, 0.3) is 10.1 Å². The number of sulfonamides is 1. The Bertz CT molecular complexity index is 1080. The topological polar surface area (TPSA) is 57.6 Å². The second-order valence-electron chi connectivity index (χ2n) is 6.15. The molecule has 1 atom stereocenters. The van der Waals surface area contributed by atoms with Gasteiger partial charge in [0.25, 0.3) is 0 Å². The molecular formula is C19H19F2NO3S2. The fourth-order valence-electron chi connectivity index (χ4n) is 2.90. The number of anilines is 1. The second kappa shape index (κ2) is 7.53. The van der Waals surface area contributed by atoms with Gasteiger partial charge in [-0.05, 0) is 37.6 Å². The molecule has 0 amide bonds. The molecule has 2 aromatic carbocycles. The van der Waals surface area contributed by atoms with Gasteiger partial charge in [0.15, 0.2) is 11.6 Å². The number of benzene rings is 2. The third-order valence-electron chi connectivity index (χ3n) is 4.27. The Morgan fingerprint density at radius 2 is 1.85 bits per heavy atom. The summed E-state index contributed by atoms with van der Waals surface area (Å²) in [6.45, 7) is 2.94. The lowest BCUT2D eigenvalue weighted by atomic mass is 10.1. The van der Waals surface area contributed by atoms with E-state index in [9.17, 15) is 22.3 Å². The van der Waals surface area contributed by atoms with E-state index in [1.54, 1.807) is 6.92 Å². The second-order valence-corrected chi connectivity index (χ2v) is 9.36. The predicted molar refractivity (Wildman–Crippen MR) is 104 cm³/mol. The summed E-state index contributed by atoms with van der Waals surface area (Å²) in [5, 5.41) is 11.5. The van der Waals surface area contributed by atoms with E-state index in [0.717, 1.165) is 22.2 Å². The summed E-state index contributed by atoms with van der Waals surface area (Å²) in [7, 11) is -3.72. The fraction of sp³-hybridized carbons (Fsp3) is 0.263. The van der Waals surface area contributed by atoms with Crippen LogP contribution in [0.15, 0.2) is 42.5 Å². The van der Waals surface area contributed by atoms with E-state index in [-0.39, 0.29) is 12.3 Å². The first kappa shape index (κ1) is 19.7. The van der Waals surface area contributed by atoms with Crippen molar-refractivity contribution in [3.63, 3.8) is 0 Å². The van der Waals surface area contributed by atoms with Crippen LogP contribution in [-0.2, 0) is 16.6 Å². The van der Waals surface area contributed by atoms with E-state index in [4.69, 9.17) is 0 Å². The van der Waals surface area contributed by atoms with Gasteiger partial charge < -0.3 is 5.11 Å². The fourth-order valence-corrected chi connectivity index (χ4v) is 5.56. The number of hydrogen-bond acceptors (Lipinski definition) is 4. The van der Waals surface area contributed by atoms with Crippen molar-refractivity contribution in [1.29, 1.82) is 0 Å². The van der Waals surface area contributed by atoms with Crippen molar-refractivity contribution < 1.29 is 22.3 Å². The molecule has 1 heterocycles. The lowest BCUT2D eigenvalue weighted by Crippen LogP contribution is -2.32. The molecule has 0 aliphatic rings. The van der Waals surface area contributed by atoms with Gasteiger partial charge in [-0.3, -0.25) is 4.31 Å². The SMILES string of the molecule is CCS(=O)(=O)N(Cc1ccc(F)c(F)c1)c1sc2ccccc2c1C(C)O. The monoisotopic (exact) mass is 411 g/mol. The van der Waals surface area contributed by atoms with Crippen molar-refractivity contribution in [2.45, 2.75) is 26.5 Å². The minimum atomic E-state index is -3.72. The van der Waals surface area contributed by atoms with Crippen LogP contribution in [-0.4, -0.2) is 19.3 Å². The predicted octanol–water partition coefficient (Wildman–Crippen LogP) is 4.59. The summed E-state index contributed by atoms with van der Waals surface area (Å²) in [6, 6.07) is 10.6. The zero-order valence-electron chi connectivity index (χ0n) is 14.8. The van der Waals surface area contributed by atoms with Crippen LogP contribution in [0.5, 0.6) is 0 Å². The molecule has 0 radical (unpaired) electrons. The molecule has 0 spiro atoms. The van der Waals surface area contributed by atoms with Gasteiger partial charge in [0.2, 0.25) is 10.0 Å². The minimum Gasteiger partial charge on any atom is -0.389 e. The molecule has 0 aliphatic heterocycles. The Morgan fingerprint density at radius 3 is 2.48 bits per heavy atom. The van der Waals surface area contributed by atoms with Crippen molar-refractivity contribution in [2.75, 3.05) is 10.1 Å². The quantitative estimate of drug-likeness (QED) is 0.646. The number of hydrogen-bond donors (Lipinski definition) is 1. The standard InChI is InChI=1S/C19H19F2NO3S2/c1-3-27(24,25)22(11-13-8-9-15(20)16(21)10-13)19-18(12(2)23)14-6-4-5-7-17(14)26-19/h4-10,12,23H,3,11H2,1-2H3. The van der Waals surface area contributed by atoms with Gasteiger partial charge in [0.05, 0.1) is 18.4 Å². The van der Waals surface area contributed by atoms with Gasteiger partial charge in [-0.2, -0.15) is 0 Å². The van der Waals surface area contributed by atoms with E-state index in [2.05, 4.69) is 0 Å². The molecule has 1 N–H and O–H groups in total. The molecule has 27 heavy (non-hydrogen) atoms. The zero-order chi connectivity index (χ0) is 19.8. The molecule has 8 heteroatoms. The van der Waals surface area contributed by atoms with Crippen LogP contribution in [0, 0.1) is 11.6 Å². The summed E-state index contributed by atoms with van der Waals surface area (Å²) >= 11 is 1.25. The Kier molecular flexibility index (Phi) is 5.50. The first-order chi connectivity index (χ1) is 12.7. The number of aliphatic hydroxyl groups excluding tert-OH is 1. The minimum absolute atomic E-state index is 0.153. The maximum Gasteiger partial charge on any atom is 0.235 e. The molecule has 0 fully saturated rings. The van der Waals surface area contributed by atoms with Crippen molar-refractivity contribution in [1.82, 2.24) is 0 Å². The van der Waals surface area contributed by atoms with Crippen molar-refractivity contribution in [2.24, 2.45) is 0 Å². The molecule has 1 aromatic heterocycles. The molecule has 1 unspecified atom stereocenters. The lowest BCUT2D eigenvalue weighted by Gasteiger charge is -2.24. The van der Waals surface area contributed by atoms with Gasteiger partial charge in [0.1, 0.15) is 5.00 Å². The molecular weight excluding hydrogens is 392 g/mol. The zero-order valence-corrected chi connectivity index (χ0v) is 16.4. The summed E-state index contributed by atoms with van der Waals surface area (Å²) in [6.07, 6.45) is -0.893. The highest BCUT2D eigenvalue weighted by atomic mass is 32.2. The van der Waals surface area contributed by atoms with Crippen molar-refractivity contribution >= 4 is 36.4 Å². The van der Waals surface area contributed by atoms with E-state index in [1.807, 2.05) is 24.3 Å². The molecule has 0 saturated heterocycles. The number of rotatable bonds is 6. The average molecular weight is 411 g/mol. The normalized spacial score (nSPS) is 13.1.